The Morgan fingerprint density at radius 3 is 3.22 bits per heavy atom. The van der Waals surface area contributed by atoms with Crippen molar-refractivity contribution < 1.29 is 0 Å². The van der Waals surface area contributed by atoms with Gasteiger partial charge in [-0.05, 0) is 18.3 Å². The van der Waals surface area contributed by atoms with Gasteiger partial charge in [0.1, 0.15) is 0 Å². The summed E-state index contributed by atoms with van der Waals surface area (Å²) in [6.07, 6.45) is 1.67. The summed E-state index contributed by atoms with van der Waals surface area (Å²) in [5.41, 5.74) is 1.82. The van der Waals surface area contributed by atoms with Gasteiger partial charge in [0, 0.05) is 35.3 Å². The van der Waals surface area contributed by atoms with Crippen LogP contribution in [0.15, 0.2) is 12.3 Å². The van der Waals surface area contributed by atoms with Gasteiger partial charge >= 0.3 is 0 Å². The lowest BCUT2D eigenvalue weighted by molar-refractivity contribution is 0.699. The summed E-state index contributed by atoms with van der Waals surface area (Å²) >= 11 is 15.4. The van der Waals surface area contributed by atoms with Gasteiger partial charge in [-0.25, -0.2) is 4.98 Å². The third-order valence-electron chi connectivity index (χ3n) is 2.85. The monoisotopic (exact) mass is 317 g/mol. The molecule has 1 unspecified atom stereocenters. The number of nitrogens with zero attached hydrogens (tertiary/aromatic N) is 2. The minimum Gasteiger partial charge on any atom is -0.329 e. The molecular weight excluding hydrogens is 306 g/mol. The molecule has 18 heavy (non-hydrogen) atoms. The zero-order chi connectivity index (χ0) is 12.5. The van der Waals surface area contributed by atoms with Gasteiger partial charge in [0.05, 0.1) is 10.5 Å². The molecule has 1 saturated heterocycles. The van der Waals surface area contributed by atoms with E-state index in [2.05, 4.69) is 14.5 Å². The van der Waals surface area contributed by atoms with Crippen LogP contribution in [0.1, 0.15) is 0 Å². The zero-order valence-electron chi connectivity index (χ0n) is 9.56. The number of aromatic nitrogens is 3. The zero-order valence-corrected chi connectivity index (χ0v) is 12.8. The van der Waals surface area contributed by atoms with Crippen LogP contribution in [0.4, 0.5) is 0 Å². The SMILES string of the molecule is S=c1[nH]c2cc(Cl)cnc2n1CC1CSCCS1. The summed E-state index contributed by atoms with van der Waals surface area (Å²) in [7, 11) is 0. The van der Waals surface area contributed by atoms with E-state index in [1.54, 1.807) is 6.20 Å². The van der Waals surface area contributed by atoms with Crippen LogP contribution in [-0.2, 0) is 6.54 Å². The molecule has 0 saturated carbocycles. The van der Waals surface area contributed by atoms with Gasteiger partial charge < -0.3 is 9.55 Å². The first-order valence-corrected chi connectivity index (χ1v) is 8.66. The van der Waals surface area contributed by atoms with E-state index in [0.29, 0.717) is 10.3 Å². The number of imidazole rings is 1. The number of halogens is 1. The predicted molar refractivity (Wildman–Crippen MR) is 83.5 cm³/mol. The quantitative estimate of drug-likeness (QED) is 0.858. The minimum absolute atomic E-state index is 0.618. The summed E-state index contributed by atoms with van der Waals surface area (Å²) in [4.78, 5) is 7.56. The number of H-pyrrole nitrogens is 1. The maximum absolute atomic E-state index is 5.94. The van der Waals surface area contributed by atoms with Crippen LogP contribution in [0.5, 0.6) is 0 Å². The van der Waals surface area contributed by atoms with Gasteiger partial charge in [0.15, 0.2) is 10.4 Å². The van der Waals surface area contributed by atoms with Crippen molar-refractivity contribution in [2.24, 2.45) is 0 Å². The van der Waals surface area contributed by atoms with Gasteiger partial charge in [0.25, 0.3) is 0 Å². The largest absolute Gasteiger partial charge is 0.329 e. The second kappa shape index (κ2) is 5.45. The van der Waals surface area contributed by atoms with Crippen molar-refractivity contribution in [1.29, 1.82) is 0 Å². The molecule has 0 amide bonds. The number of fused-ring (bicyclic) bond motifs is 1. The van der Waals surface area contributed by atoms with Crippen molar-refractivity contribution in [3.05, 3.63) is 22.1 Å². The van der Waals surface area contributed by atoms with Gasteiger partial charge in [-0.1, -0.05) is 11.6 Å². The second-order valence-corrected chi connectivity index (χ2v) is 7.51. The highest BCUT2D eigenvalue weighted by Crippen LogP contribution is 2.26. The van der Waals surface area contributed by atoms with Crippen LogP contribution in [0.2, 0.25) is 5.02 Å². The smallest absolute Gasteiger partial charge is 0.179 e. The fourth-order valence-electron chi connectivity index (χ4n) is 2.03. The molecule has 1 aliphatic rings. The molecule has 2 aromatic heterocycles. The number of aromatic amines is 1. The Bertz CT molecular complexity index is 616. The van der Waals surface area contributed by atoms with Crippen molar-refractivity contribution in [2.75, 3.05) is 17.3 Å². The molecule has 3 nitrogen and oxygen atoms in total. The molecule has 0 bridgehead atoms. The highest BCUT2D eigenvalue weighted by atomic mass is 35.5. The molecule has 3 rings (SSSR count). The number of hydrogen-bond donors (Lipinski definition) is 1. The van der Waals surface area contributed by atoms with Gasteiger partial charge in [0.2, 0.25) is 0 Å². The first-order valence-electron chi connectivity index (χ1n) is 5.67. The van der Waals surface area contributed by atoms with Gasteiger partial charge in [-0.15, -0.1) is 0 Å². The lowest BCUT2D eigenvalue weighted by atomic mass is 10.4. The van der Waals surface area contributed by atoms with Crippen molar-refractivity contribution in [3.8, 4) is 0 Å². The molecule has 1 fully saturated rings. The molecule has 0 aromatic carbocycles. The molecule has 0 aliphatic carbocycles. The van der Waals surface area contributed by atoms with E-state index in [-0.39, 0.29) is 0 Å². The van der Waals surface area contributed by atoms with Crippen LogP contribution in [-0.4, -0.2) is 37.0 Å². The number of thioether (sulfide) groups is 2. The number of rotatable bonds is 2. The fraction of sp³-hybridized carbons (Fsp3) is 0.455. The standard InChI is InChI=1S/C11H12ClN3S3/c12-7-3-9-10(13-4-7)15(11(16)14-9)5-8-6-17-1-2-18-8/h3-4,8H,1-2,5-6H2,(H,14,16). The summed E-state index contributed by atoms with van der Waals surface area (Å²) < 4.78 is 2.82. The second-order valence-electron chi connectivity index (χ2n) is 4.13. The van der Waals surface area contributed by atoms with E-state index in [0.717, 1.165) is 22.5 Å². The third-order valence-corrected chi connectivity index (χ3v) is 6.20. The summed E-state index contributed by atoms with van der Waals surface area (Å²) in [6, 6.07) is 1.87. The van der Waals surface area contributed by atoms with E-state index in [1.807, 2.05) is 29.6 Å². The maximum atomic E-state index is 5.94. The number of hydrogen-bond acceptors (Lipinski definition) is 4. The van der Waals surface area contributed by atoms with Crippen molar-refractivity contribution >= 4 is 58.5 Å². The highest BCUT2D eigenvalue weighted by molar-refractivity contribution is 8.06. The maximum Gasteiger partial charge on any atom is 0.179 e. The molecule has 1 aliphatic heterocycles. The van der Waals surface area contributed by atoms with Crippen molar-refractivity contribution in [3.63, 3.8) is 0 Å². The summed E-state index contributed by atoms with van der Waals surface area (Å²) in [5.74, 6) is 3.67. The van der Waals surface area contributed by atoms with Crippen LogP contribution in [0, 0.1) is 4.77 Å². The summed E-state index contributed by atoms with van der Waals surface area (Å²) in [5, 5.41) is 1.25. The number of nitrogens with one attached hydrogen (secondary N) is 1. The van der Waals surface area contributed by atoms with Crippen LogP contribution in [0.3, 0.4) is 0 Å². The molecule has 0 radical (unpaired) electrons. The lowest BCUT2D eigenvalue weighted by Gasteiger charge is -2.21. The molecule has 3 heterocycles. The van der Waals surface area contributed by atoms with Crippen LogP contribution < -0.4 is 0 Å². The van der Waals surface area contributed by atoms with Crippen LogP contribution >= 0.6 is 47.3 Å². The molecule has 1 atom stereocenters. The molecule has 2 aromatic rings. The first-order chi connectivity index (χ1) is 8.74. The Hall–Kier alpha value is -0.170. The molecule has 7 heteroatoms. The Balaban J connectivity index is 1.95. The Morgan fingerprint density at radius 2 is 2.44 bits per heavy atom. The minimum atomic E-state index is 0.618. The molecule has 96 valence electrons. The topological polar surface area (TPSA) is 33.6 Å². The number of pyridine rings is 1. The predicted octanol–water partition coefficient (Wildman–Crippen LogP) is 3.60. The lowest BCUT2D eigenvalue weighted by Crippen LogP contribution is -2.20. The van der Waals surface area contributed by atoms with Crippen molar-refractivity contribution in [1.82, 2.24) is 14.5 Å². The third kappa shape index (κ3) is 2.57. The molecule has 1 N–H and O–H groups in total. The first kappa shape index (κ1) is 12.8. The molecular formula is C11H12ClN3S3. The molecule has 0 spiro atoms. The van der Waals surface area contributed by atoms with Crippen LogP contribution in [0.25, 0.3) is 11.2 Å². The Kier molecular flexibility index (Phi) is 3.89. The van der Waals surface area contributed by atoms with Crippen molar-refractivity contribution in [2.45, 2.75) is 11.8 Å². The van der Waals surface area contributed by atoms with E-state index >= 15 is 0 Å². The van der Waals surface area contributed by atoms with E-state index in [9.17, 15) is 0 Å². The van der Waals surface area contributed by atoms with Gasteiger partial charge in [-0.3, -0.25) is 0 Å². The Morgan fingerprint density at radius 1 is 1.56 bits per heavy atom. The average Bonchev–Trinajstić information content (AvgIpc) is 2.66. The van der Waals surface area contributed by atoms with E-state index in [4.69, 9.17) is 23.8 Å². The Labute approximate surface area is 124 Å². The van der Waals surface area contributed by atoms with E-state index < -0.39 is 0 Å². The normalized spacial score (nSPS) is 20.4. The fourth-order valence-corrected chi connectivity index (χ4v) is 5.11. The summed E-state index contributed by atoms with van der Waals surface area (Å²) in [6.45, 7) is 0.922. The highest BCUT2D eigenvalue weighted by Gasteiger charge is 2.17. The van der Waals surface area contributed by atoms with E-state index in [1.165, 1.54) is 17.3 Å². The van der Waals surface area contributed by atoms with Gasteiger partial charge in [-0.2, -0.15) is 23.5 Å². The average molecular weight is 318 g/mol.